The van der Waals surface area contributed by atoms with E-state index in [0.29, 0.717) is 11.3 Å². The molecular weight excluding hydrogens is 234 g/mol. The Bertz CT molecular complexity index is 600. The molecule has 0 aliphatic heterocycles. The van der Waals surface area contributed by atoms with Crippen LogP contribution in [0, 0.1) is 17.0 Å². The van der Waals surface area contributed by atoms with Gasteiger partial charge in [-0.25, -0.2) is 9.97 Å². The highest BCUT2D eigenvalue weighted by Gasteiger charge is 2.23. The lowest BCUT2D eigenvalue weighted by molar-refractivity contribution is -0.383. The van der Waals surface area contributed by atoms with Crippen molar-refractivity contribution in [1.29, 1.82) is 0 Å². The van der Waals surface area contributed by atoms with E-state index in [1.54, 1.807) is 25.5 Å². The summed E-state index contributed by atoms with van der Waals surface area (Å²) in [4.78, 5) is 22.5. The van der Waals surface area contributed by atoms with E-state index in [-0.39, 0.29) is 11.5 Å². The molecule has 2 rings (SSSR count). The Hall–Kier alpha value is -2.57. The molecule has 0 saturated heterocycles. The average molecular weight is 245 g/mol. The van der Waals surface area contributed by atoms with Gasteiger partial charge in [0.15, 0.2) is 5.69 Å². The quantitative estimate of drug-likeness (QED) is 0.654. The molecule has 0 aromatic carbocycles. The molecule has 18 heavy (non-hydrogen) atoms. The lowest BCUT2D eigenvalue weighted by Crippen LogP contribution is -2.03. The SMILES string of the molecule is CNc1ncnc(-c2ccncc2C)c1[N+](=O)[O-]. The second-order valence-corrected chi connectivity index (χ2v) is 3.62. The van der Waals surface area contributed by atoms with Gasteiger partial charge in [-0.2, -0.15) is 0 Å². The zero-order valence-corrected chi connectivity index (χ0v) is 9.91. The summed E-state index contributed by atoms with van der Waals surface area (Å²) < 4.78 is 0. The maximum atomic E-state index is 11.2. The van der Waals surface area contributed by atoms with Crippen molar-refractivity contribution in [2.45, 2.75) is 6.92 Å². The third kappa shape index (κ3) is 1.97. The van der Waals surface area contributed by atoms with Gasteiger partial charge in [-0.3, -0.25) is 15.1 Å². The Kier molecular flexibility index (Phi) is 3.13. The number of hydrogen-bond donors (Lipinski definition) is 1. The second kappa shape index (κ2) is 4.74. The zero-order valence-electron chi connectivity index (χ0n) is 9.91. The number of anilines is 1. The van der Waals surface area contributed by atoms with Crippen molar-refractivity contribution in [3.8, 4) is 11.3 Å². The normalized spacial score (nSPS) is 10.1. The molecule has 0 spiro atoms. The number of hydrogen-bond acceptors (Lipinski definition) is 6. The van der Waals surface area contributed by atoms with Crippen molar-refractivity contribution in [2.75, 3.05) is 12.4 Å². The van der Waals surface area contributed by atoms with Crippen molar-refractivity contribution in [3.05, 3.63) is 40.5 Å². The summed E-state index contributed by atoms with van der Waals surface area (Å²) >= 11 is 0. The predicted octanol–water partition coefficient (Wildman–Crippen LogP) is 1.80. The molecule has 7 nitrogen and oxygen atoms in total. The fourth-order valence-electron chi connectivity index (χ4n) is 1.67. The number of aryl methyl sites for hydroxylation is 1. The van der Waals surface area contributed by atoms with Crippen molar-refractivity contribution in [3.63, 3.8) is 0 Å². The summed E-state index contributed by atoms with van der Waals surface area (Å²) in [6, 6.07) is 1.70. The van der Waals surface area contributed by atoms with E-state index in [4.69, 9.17) is 0 Å². The minimum absolute atomic E-state index is 0.130. The maximum Gasteiger partial charge on any atom is 0.337 e. The van der Waals surface area contributed by atoms with Gasteiger partial charge in [-0.1, -0.05) is 0 Å². The second-order valence-electron chi connectivity index (χ2n) is 3.62. The first-order chi connectivity index (χ1) is 8.65. The van der Waals surface area contributed by atoms with Crippen LogP contribution < -0.4 is 5.32 Å². The first-order valence-electron chi connectivity index (χ1n) is 5.23. The molecule has 0 atom stereocenters. The Balaban J connectivity index is 2.72. The van der Waals surface area contributed by atoms with Crippen LogP contribution in [-0.2, 0) is 0 Å². The number of nitrogens with one attached hydrogen (secondary N) is 1. The van der Waals surface area contributed by atoms with Crippen LogP contribution in [0.2, 0.25) is 0 Å². The molecule has 0 aliphatic rings. The Morgan fingerprint density at radius 2 is 2.17 bits per heavy atom. The molecule has 2 heterocycles. The first-order valence-corrected chi connectivity index (χ1v) is 5.23. The first kappa shape index (κ1) is 11.9. The van der Waals surface area contributed by atoms with E-state index in [1.165, 1.54) is 6.33 Å². The highest BCUT2D eigenvalue weighted by Crippen LogP contribution is 2.33. The van der Waals surface area contributed by atoms with Crippen LogP contribution in [0.3, 0.4) is 0 Å². The number of aromatic nitrogens is 3. The Labute approximate surface area is 103 Å². The topological polar surface area (TPSA) is 93.8 Å². The molecule has 2 aromatic rings. The van der Waals surface area contributed by atoms with Gasteiger partial charge in [0.2, 0.25) is 5.82 Å². The molecule has 1 N–H and O–H groups in total. The summed E-state index contributed by atoms with van der Waals surface area (Å²) in [5, 5.41) is 13.9. The zero-order chi connectivity index (χ0) is 13.1. The van der Waals surface area contributed by atoms with E-state index in [0.717, 1.165) is 5.56 Å². The molecule has 0 fully saturated rings. The van der Waals surface area contributed by atoms with E-state index < -0.39 is 4.92 Å². The van der Waals surface area contributed by atoms with Gasteiger partial charge < -0.3 is 5.32 Å². The largest absolute Gasteiger partial charge is 0.367 e. The molecule has 0 unspecified atom stereocenters. The van der Waals surface area contributed by atoms with E-state index in [9.17, 15) is 10.1 Å². The van der Waals surface area contributed by atoms with Crippen LogP contribution in [0.4, 0.5) is 11.5 Å². The van der Waals surface area contributed by atoms with Crippen molar-refractivity contribution in [1.82, 2.24) is 15.0 Å². The van der Waals surface area contributed by atoms with Crippen LogP contribution in [0.25, 0.3) is 11.3 Å². The summed E-state index contributed by atoms with van der Waals surface area (Å²) in [5.41, 5.74) is 1.66. The minimum atomic E-state index is -0.485. The van der Waals surface area contributed by atoms with E-state index >= 15 is 0 Å². The minimum Gasteiger partial charge on any atom is -0.367 e. The molecule has 2 aromatic heterocycles. The molecule has 0 bridgehead atoms. The van der Waals surface area contributed by atoms with Crippen molar-refractivity contribution >= 4 is 11.5 Å². The van der Waals surface area contributed by atoms with Crippen LogP contribution in [0.5, 0.6) is 0 Å². The number of nitrogens with zero attached hydrogens (tertiary/aromatic N) is 4. The highest BCUT2D eigenvalue weighted by molar-refractivity contribution is 5.77. The lowest BCUT2D eigenvalue weighted by atomic mass is 10.1. The highest BCUT2D eigenvalue weighted by atomic mass is 16.6. The number of pyridine rings is 1. The van der Waals surface area contributed by atoms with Crippen molar-refractivity contribution in [2.24, 2.45) is 0 Å². The third-order valence-corrected chi connectivity index (χ3v) is 2.52. The van der Waals surface area contributed by atoms with E-state index in [1.807, 2.05) is 6.92 Å². The van der Waals surface area contributed by atoms with Crippen LogP contribution in [0.15, 0.2) is 24.8 Å². The van der Waals surface area contributed by atoms with Gasteiger partial charge in [-0.05, 0) is 18.6 Å². The summed E-state index contributed by atoms with van der Waals surface area (Å²) in [7, 11) is 1.58. The predicted molar refractivity (Wildman–Crippen MR) is 66.2 cm³/mol. The summed E-state index contributed by atoms with van der Waals surface area (Å²) in [6.07, 6.45) is 4.52. The molecule has 0 radical (unpaired) electrons. The van der Waals surface area contributed by atoms with Gasteiger partial charge in [-0.15, -0.1) is 0 Å². The third-order valence-electron chi connectivity index (χ3n) is 2.52. The summed E-state index contributed by atoms with van der Waals surface area (Å²) in [6.45, 7) is 1.83. The summed E-state index contributed by atoms with van der Waals surface area (Å²) in [5.74, 6) is 0.196. The fraction of sp³-hybridized carbons (Fsp3) is 0.182. The monoisotopic (exact) mass is 245 g/mol. The molecule has 92 valence electrons. The van der Waals surface area contributed by atoms with Crippen LogP contribution in [-0.4, -0.2) is 26.9 Å². The molecule has 7 heteroatoms. The standard InChI is InChI=1S/C11H11N5O2/c1-7-5-13-4-3-8(7)9-10(16(17)18)11(12-2)15-6-14-9/h3-6H,1-2H3,(H,12,14,15). The van der Waals surface area contributed by atoms with Gasteiger partial charge >= 0.3 is 5.69 Å². The number of nitro groups is 1. The van der Waals surface area contributed by atoms with E-state index in [2.05, 4.69) is 20.3 Å². The lowest BCUT2D eigenvalue weighted by Gasteiger charge is -2.07. The molecular formula is C11H11N5O2. The Morgan fingerprint density at radius 1 is 1.39 bits per heavy atom. The molecule has 0 aliphatic carbocycles. The Morgan fingerprint density at radius 3 is 2.78 bits per heavy atom. The van der Waals surface area contributed by atoms with Gasteiger partial charge in [0.05, 0.1) is 4.92 Å². The van der Waals surface area contributed by atoms with Gasteiger partial charge in [0.1, 0.15) is 6.33 Å². The van der Waals surface area contributed by atoms with Crippen molar-refractivity contribution < 1.29 is 4.92 Å². The maximum absolute atomic E-state index is 11.2. The number of rotatable bonds is 3. The smallest absolute Gasteiger partial charge is 0.337 e. The molecule has 0 saturated carbocycles. The fourth-order valence-corrected chi connectivity index (χ4v) is 1.67. The molecule has 0 amide bonds. The van der Waals surface area contributed by atoms with Crippen LogP contribution >= 0.6 is 0 Å². The van der Waals surface area contributed by atoms with Crippen LogP contribution in [0.1, 0.15) is 5.56 Å². The van der Waals surface area contributed by atoms with Gasteiger partial charge in [0, 0.05) is 25.0 Å². The van der Waals surface area contributed by atoms with Gasteiger partial charge in [0.25, 0.3) is 0 Å². The average Bonchev–Trinajstić information content (AvgIpc) is 2.38.